The quantitative estimate of drug-likeness (QED) is 0.445. The van der Waals surface area contributed by atoms with Gasteiger partial charge in [-0.2, -0.15) is 0 Å². The largest absolute Gasteiger partial charge is 0.356 e. The van der Waals surface area contributed by atoms with E-state index in [1.807, 2.05) is 17.0 Å². The van der Waals surface area contributed by atoms with Gasteiger partial charge in [-0.15, -0.1) is 0 Å². The van der Waals surface area contributed by atoms with Gasteiger partial charge in [-0.3, -0.25) is 9.79 Å². The Labute approximate surface area is 156 Å². The molecule has 0 atom stereocenters. The van der Waals surface area contributed by atoms with Gasteiger partial charge in [-0.25, -0.2) is 0 Å². The first-order valence-electron chi connectivity index (χ1n) is 9.82. The molecule has 1 amide bonds. The average molecular weight is 358 g/mol. The summed E-state index contributed by atoms with van der Waals surface area (Å²) in [6.07, 6.45) is 5.47. The standard InChI is InChI=1S/C20H31N5O/c1-21-20(22-11-5-14-24-12-2-3-13-24)23-16-17-7-9-18(10-8-17)25-15-4-6-19(25)26/h7-10H,2-6,11-16H2,1H3,(H2,21,22,23). The highest BCUT2D eigenvalue weighted by Crippen LogP contribution is 2.21. The van der Waals surface area contributed by atoms with Gasteiger partial charge in [0.05, 0.1) is 0 Å². The zero-order chi connectivity index (χ0) is 18.2. The fourth-order valence-electron chi connectivity index (χ4n) is 3.64. The molecule has 3 rings (SSSR count). The third kappa shape index (κ3) is 5.21. The summed E-state index contributed by atoms with van der Waals surface area (Å²) in [4.78, 5) is 20.5. The van der Waals surface area contributed by atoms with Crippen LogP contribution < -0.4 is 15.5 Å². The van der Waals surface area contributed by atoms with E-state index in [1.54, 1.807) is 7.05 Å². The van der Waals surface area contributed by atoms with Crippen molar-refractivity contribution in [1.82, 2.24) is 15.5 Å². The van der Waals surface area contributed by atoms with Crippen LogP contribution in [0.3, 0.4) is 0 Å². The maximum atomic E-state index is 11.8. The van der Waals surface area contributed by atoms with E-state index in [0.717, 1.165) is 44.1 Å². The fraction of sp³-hybridized carbons (Fsp3) is 0.600. The van der Waals surface area contributed by atoms with Crippen molar-refractivity contribution in [3.05, 3.63) is 29.8 Å². The molecule has 2 heterocycles. The molecule has 0 saturated carbocycles. The number of rotatable bonds is 7. The lowest BCUT2D eigenvalue weighted by Crippen LogP contribution is -2.38. The van der Waals surface area contributed by atoms with Crippen molar-refractivity contribution in [2.45, 2.75) is 38.6 Å². The summed E-state index contributed by atoms with van der Waals surface area (Å²) < 4.78 is 0. The smallest absolute Gasteiger partial charge is 0.227 e. The van der Waals surface area contributed by atoms with E-state index in [2.05, 4.69) is 32.7 Å². The predicted octanol–water partition coefficient (Wildman–Crippen LogP) is 1.96. The molecule has 0 aliphatic carbocycles. The molecule has 1 aromatic rings. The highest BCUT2D eigenvalue weighted by molar-refractivity contribution is 5.95. The van der Waals surface area contributed by atoms with Crippen molar-refractivity contribution in [3.8, 4) is 0 Å². The van der Waals surface area contributed by atoms with Crippen molar-refractivity contribution in [2.75, 3.05) is 44.7 Å². The summed E-state index contributed by atoms with van der Waals surface area (Å²) >= 11 is 0. The van der Waals surface area contributed by atoms with E-state index in [-0.39, 0.29) is 5.91 Å². The van der Waals surface area contributed by atoms with Crippen LogP contribution >= 0.6 is 0 Å². The Morgan fingerprint density at radius 1 is 1.08 bits per heavy atom. The molecular weight excluding hydrogens is 326 g/mol. The molecule has 0 aromatic heterocycles. The molecule has 2 aliphatic rings. The van der Waals surface area contributed by atoms with Crippen molar-refractivity contribution >= 4 is 17.6 Å². The van der Waals surface area contributed by atoms with Crippen molar-refractivity contribution in [1.29, 1.82) is 0 Å². The van der Waals surface area contributed by atoms with Gasteiger partial charge in [0.15, 0.2) is 5.96 Å². The summed E-state index contributed by atoms with van der Waals surface area (Å²) in [5.74, 6) is 1.07. The number of guanidine groups is 1. The minimum atomic E-state index is 0.231. The van der Waals surface area contributed by atoms with Gasteiger partial charge in [0.1, 0.15) is 0 Å². The number of nitrogens with one attached hydrogen (secondary N) is 2. The SMILES string of the molecule is CN=C(NCCCN1CCCC1)NCc1ccc(N2CCCC2=O)cc1. The Bertz CT molecular complexity index is 607. The highest BCUT2D eigenvalue weighted by Gasteiger charge is 2.21. The second-order valence-electron chi connectivity index (χ2n) is 7.07. The van der Waals surface area contributed by atoms with Crippen LogP contribution in [0.5, 0.6) is 0 Å². The molecule has 1 aromatic carbocycles. The van der Waals surface area contributed by atoms with Crippen molar-refractivity contribution < 1.29 is 4.79 Å². The number of aliphatic imine (C=N–C) groups is 1. The van der Waals surface area contributed by atoms with E-state index in [4.69, 9.17) is 0 Å². The molecule has 6 nitrogen and oxygen atoms in total. The summed E-state index contributed by atoms with van der Waals surface area (Å²) in [7, 11) is 1.80. The van der Waals surface area contributed by atoms with Gasteiger partial charge >= 0.3 is 0 Å². The van der Waals surface area contributed by atoms with Gasteiger partial charge in [-0.05, 0) is 63.0 Å². The molecule has 6 heteroatoms. The molecule has 0 unspecified atom stereocenters. The Morgan fingerprint density at radius 2 is 1.85 bits per heavy atom. The number of nitrogens with zero attached hydrogens (tertiary/aromatic N) is 3. The third-order valence-corrected chi connectivity index (χ3v) is 5.15. The summed E-state index contributed by atoms with van der Waals surface area (Å²) in [6.45, 7) is 6.18. The summed E-state index contributed by atoms with van der Waals surface area (Å²) in [6, 6.07) is 8.22. The van der Waals surface area contributed by atoms with Gasteiger partial charge in [0, 0.05) is 38.8 Å². The maximum Gasteiger partial charge on any atom is 0.227 e. The van der Waals surface area contributed by atoms with Crippen LogP contribution in [0, 0.1) is 0 Å². The van der Waals surface area contributed by atoms with Crippen LogP contribution in [0.2, 0.25) is 0 Å². The predicted molar refractivity (Wildman–Crippen MR) is 107 cm³/mol. The number of amides is 1. The number of hydrogen-bond donors (Lipinski definition) is 2. The molecule has 26 heavy (non-hydrogen) atoms. The molecule has 0 bridgehead atoms. The number of hydrogen-bond acceptors (Lipinski definition) is 3. The van der Waals surface area contributed by atoms with E-state index < -0.39 is 0 Å². The van der Waals surface area contributed by atoms with E-state index in [9.17, 15) is 4.79 Å². The van der Waals surface area contributed by atoms with Crippen LogP contribution in [0.4, 0.5) is 5.69 Å². The van der Waals surface area contributed by atoms with Crippen LogP contribution in [0.1, 0.15) is 37.7 Å². The number of anilines is 1. The van der Waals surface area contributed by atoms with E-state index >= 15 is 0 Å². The zero-order valence-corrected chi connectivity index (χ0v) is 15.8. The second-order valence-corrected chi connectivity index (χ2v) is 7.07. The summed E-state index contributed by atoms with van der Waals surface area (Å²) in [5.41, 5.74) is 2.18. The fourth-order valence-corrected chi connectivity index (χ4v) is 3.64. The first-order chi connectivity index (χ1) is 12.8. The van der Waals surface area contributed by atoms with E-state index in [0.29, 0.717) is 6.42 Å². The number of carbonyl (C=O) groups is 1. The first-order valence-corrected chi connectivity index (χ1v) is 9.82. The Balaban J connectivity index is 1.38. The van der Waals surface area contributed by atoms with Crippen LogP contribution in [0.15, 0.2) is 29.3 Å². The zero-order valence-electron chi connectivity index (χ0n) is 15.8. The summed E-state index contributed by atoms with van der Waals surface area (Å²) in [5, 5.41) is 6.74. The van der Waals surface area contributed by atoms with Gasteiger partial charge in [-0.1, -0.05) is 12.1 Å². The number of carbonyl (C=O) groups excluding carboxylic acids is 1. The average Bonchev–Trinajstić information content (AvgIpc) is 3.33. The topological polar surface area (TPSA) is 60.0 Å². The number of likely N-dealkylation sites (tertiary alicyclic amines) is 1. The Kier molecular flexibility index (Phi) is 6.89. The van der Waals surface area contributed by atoms with Gasteiger partial charge in [0.2, 0.25) is 5.91 Å². The molecule has 142 valence electrons. The minimum Gasteiger partial charge on any atom is -0.356 e. The maximum absolute atomic E-state index is 11.8. The Morgan fingerprint density at radius 3 is 2.50 bits per heavy atom. The first kappa shape index (κ1) is 18.7. The lowest BCUT2D eigenvalue weighted by molar-refractivity contribution is -0.117. The number of benzene rings is 1. The molecule has 2 fully saturated rings. The van der Waals surface area contributed by atoms with E-state index in [1.165, 1.54) is 38.0 Å². The minimum absolute atomic E-state index is 0.231. The van der Waals surface area contributed by atoms with Crippen molar-refractivity contribution in [2.24, 2.45) is 4.99 Å². The van der Waals surface area contributed by atoms with Crippen LogP contribution in [0.25, 0.3) is 0 Å². The lowest BCUT2D eigenvalue weighted by Gasteiger charge is -2.17. The monoisotopic (exact) mass is 357 g/mol. The molecular formula is C20H31N5O. The lowest BCUT2D eigenvalue weighted by atomic mass is 10.2. The highest BCUT2D eigenvalue weighted by atomic mass is 16.2. The van der Waals surface area contributed by atoms with Crippen LogP contribution in [-0.2, 0) is 11.3 Å². The third-order valence-electron chi connectivity index (χ3n) is 5.15. The second kappa shape index (κ2) is 9.57. The Hall–Kier alpha value is -2.08. The van der Waals surface area contributed by atoms with Gasteiger partial charge in [0.25, 0.3) is 0 Å². The normalized spacial score (nSPS) is 18.6. The molecule has 2 N–H and O–H groups in total. The molecule has 0 spiro atoms. The van der Waals surface area contributed by atoms with Gasteiger partial charge < -0.3 is 20.4 Å². The molecule has 2 aliphatic heterocycles. The molecule has 0 radical (unpaired) electrons. The molecule has 2 saturated heterocycles. The van der Waals surface area contributed by atoms with Crippen LogP contribution in [-0.4, -0.2) is 56.5 Å². The van der Waals surface area contributed by atoms with Crippen molar-refractivity contribution in [3.63, 3.8) is 0 Å².